The van der Waals surface area contributed by atoms with Gasteiger partial charge in [0, 0.05) is 7.11 Å². The van der Waals surface area contributed by atoms with E-state index in [0.717, 1.165) is 4.61 Å². The van der Waals surface area contributed by atoms with Gasteiger partial charge in [-0.1, -0.05) is 6.08 Å². The molecule has 0 aromatic carbocycles. The maximum Gasteiger partial charge on any atom is 0.147 e. The molecule has 0 amide bonds. The van der Waals surface area contributed by atoms with Crippen LogP contribution in [-0.2, 0) is 4.74 Å². The molecule has 1 atom stereocenters. The number of methoxy groups -OCH3 is 1. The van der Waals surface area contributed by atoms with E-state index < -0.39 is 0 Å². The van der Waals surface area contributed by atoms with Crippen molar-refractivity contribution in [3.05, 3.63) is 22.8 Å². The van der Waals surface area contributed by atoms with E-state index in [4.69, 9.17) is 4.74 Å². The van der Waals surface area contributed by atoms with Crippen LogP contribution in [0, 0.1) is 0 Å². The van der Waals surface area contributed by atoms with Crippen LogP contribution in [0.15, 0.2) is 22.8 Å². The molecule has 0 aromatic rings. The molecule has 0 aromatic heterocycles. The molecule has 50 valence electrons. The Morgan fingerprint density at radius 3 is 3.00 bits per heavy atom. The van der Waals surface area contributed by atoms with Crippen LogP contribution < -0.4 is 5.32 Å². The summed E-state index contributed by atoms with van der Waals surface area (Å²) in [5.74, 6) is 0. The predicted octanol–water partition coefficient (Wildman–Crippen LogP) is 1.35. The number of allylic oxidation sites excluding steroid dienone is 2. The second-order valence-electron chi connectivity index (χ2n) is 1.70. The molecule has 1 aliphatic rings. The Hall–Kier alpha value is -0.280. The standard InChI is InChI=1S/C6H8BrNO/c1-9-6-4-2-3-5(7)8-6/h2-4,6,8H,1H3. The Bertz CT molecular complexity index is 153. The van der Waals surface area contributed by atoms with E-state index in [-0.39, 0.29) is 6.23 Å². The predicted molar refractivity (Wildman–Crippen MR) is 40.1 cm³/mol. The summed E-state index contributed by atoms with van der Waals surface area (Å²) in [4.78, 5) is 0. The number of ether oxygens (including phenoxy) is 1. The van der Waals surface area contributed by atoms with Crippen molar-refractivity contribution in [2.45, 2.75) is 6.23 Å². The lowest BCUT2D eigenvalue weighted by molar-refractivity contribution is 0.123. The minimum atomic E-state index is 0.0179. The van der Waals surface area contributed by atoms with Crippen LogP contribution >= 0.6 is 15.9 Å². The van der Waals surface area contributed by atoms with Crippen LogP contribution in [-0.4, -0.2) is 13.3 Å². The zero-order chi connectivity index (χ0) is 6.69. The molecule has 2 nitrogen and oxygen atoms in total. The van der Waals surface area contributed by atoms with E-state index in [1.807, 2.05) is 18.2 Å². The highest BCUT2D eigenvalue weighted by Crippen LogP contribution is 2.07. The number of rotatable bonds is 1. The first-order valence-electron chi connectivity index (χ1n) is 2.66. The molecule has 9 heavy (non-hydrogen) atoms. The second kappa shape index (κ2) is 3.03. The summed E-state index contributed by atoms with van der Waals surface area (Å²) < 4.78 is 5.95. The normalized spacial score (nSPS) is 25.1. The molecular weight excluding hydrogens is 182 g/mol. The van der Waals surface area contributed by atoms with Crippen LogP contribution in [0.25, 0.3) is 0 Å². The van der Waals surface area contributed by atoms with Crippen molar-refractivity contribution in [2.75, 3.05) is 7.11 Å². The number of hydrogen-bond donors (Lipinski definition) is 1. The van der Waals surface area contributed by atoms with E-state index in [1.165, 1.54) is 0 Å². The van der Waals surface area contributed by atoms with Gasteiger partial charge in [0.05, 0.1) is 4.61 Å². The first-order valence-corrected chi connectivity index (χ1v) is 3.45. The van der Waals surface area contributed by atoms with Gasteiger partial charge in [-0.05, 0) is 28.1 Å². The van der Waals surface area contributed by atoms with E-state index in [1.54, 1.807) is 7.11 Å². The van der Waals surface area contributed by atoms with Crippen LogP contribution in [0.4, 0.5) is 0 Å². The van der Waals surface area contributed by atoms with Gasteiger partial charge in [0.25, 0.3) is 0 Å². The largest absolute Gasteiger partial charge is 0.358 e. The Labute approximate surface area is 62.7 Å². The lowest BCUT2D eigenvalue weighted by Gasteiger charge is -2.15. The van der Waals surface area contributed by atoms with Crippen LogP contribution in [0.2, 0.25) is 0 Å². The summed E-state index contributed by atoms with van der Waals surface area (Å²) in [6.07, 6.45) is 5.82. The molecule has 1 unspecified atom stereocenters. The Kier molecular flexibility index (Phi) is 2.30. The number of dihydropyridines is 1. The van der Waals surface area contributed by atoms with Crippen molar-refractivity contribution in [2.24, 2.45) is 0 Å². The smallest absolute Gasteiger partial charge is 0.147 e. The van der Waals surface area contributed by atoms with Gasteiger partial charge in [0.1, 0.15) is 6.23 Å². The molecule has 0 saturated carbocycles. The van der Waals surface area contributed by atoms with Gasteiger partial charge in [-0.25, -0.2) is 0 Å². The Morgan fingerprint density at radius 1 is 1.78 bits per heavy atom. The quantitative estimate of drug-likeness (QED) is 0.630. The zero-order valence-electron chi connectivity index (χ0n) is 5.10. The first kappa shape index (κ1) is 6.83. The minimum Gasteiger partial charge on any atom is -0.358 e. The minimum absolute atomic E-state index is 0.0179. The maximum absolute atomic E-state index is 4.99. The molecule has 3 heteroatoms. The average molecular weight is 190 g/mol. The van der Waals surface area contributed by atoms with Crippen LogP contribution in [0.1, 0.15) is 0 Å². The number of halogens is 1. The Balaban J connectivity index is 2.51. The molecule has 0 radical (unpaired) electrons. The zero-order valence-corrected chi connectivity index (χ0v) is 6.68. The molecule has 0 bridgehead atoms. The molecule has 0 aliphatic carbocycles. The van der Waals surface area contributed by atoms with Crippen molar-refractivity contribution in [1.82, 2.24) is 5.32 Å². The molecule has 1 rings (SSSR count). The summed E-state index contributed by atoms with van der Waals surface area (Å²) in [5.41, 5.74) is 0. The van der Waals surface area contributed by atoms with Gasteiger partial charge in [-0.3, -0.25) is 0 Å². The molecule has 1 heterocycles. The van der Waals surface area contributed by atoms with Crippen molar-refractivity contribution in [3.63, 3.8) is 0 Å². The molecule has 0 spiro atoms. The number of nitrogens with one attached hydrogen (secondary N) is 1. The molecular formula is C6H8BrNO. The summed E-state index contributed by atoms with van der Waals surface area (Å²) in [6, 6.07) is 0. The average Bonchev–Trinajstić information content (AvgIpc) is 1.88. The van der Waals surface area contributed by atoms with Gasteiger partial charge in [0.2, 0.25) is 0 Å². The molecule has 0 fully saturated rings. The van der Waals surface area contributed by atoms with Crippen molar-refractivity contribution in [3.8, 4) is 0 Å². The third-order valence-corrected chi connectivity index (χ3v) is 1.56. The van der Waals surface area contributed by atoms with E-state index >= 15 is 0 Å². The van der Waals surface area contributed by atoms with Gasteiger partial charge >= 0.3 is 0 Å². The van der Waals surface area contributed by atoms with Gasteiger partial charge in [0.15, 0.2) is 0 Å². The van der Waals surface area contributed by atoms with Gasteiger partial charge < -0.3 is 10.1 Å². The highest BCUT2D eigenvalue weighted by atomic mass is 79.9. The molecule has 0 saturated heterocycles. The van der Waals surface area contributed by atoms with E-state index in [0.29, 0.717) is 0 Å². The van der Waals surface area contributed by atoms with E-state index in [2.05, 4.69) is 21.2 Å². The number of hydrogen-bond acceptors (Lipinski definition) is 2. The summed E-state index contributed by atoms with van der Waals surface area (Å²) in [7, 11) is 1.66. The summed E-state index contributed by atoms with van der Waals surface area (Å²) >= 11 is 3.29. The third kappa shape index (κ3) is 1.84. The van der Waals surface area contributed by atoms with Gasteiger partial charge in [-0.15, -0.1) is 0 Å². The first-order chi connectivity index (χ1) is 4.33. The van der Waals surface area contributed by atoms with Crippen molar-refractivity contribution >= 4 is 15.9 Å². The van der Waals surface area contributed by atoms with Crippen molar-refractivity contribution < 1.29 is 4.74 Å². The maximum atomic E-state index is 4.99. The lowest BCUT2D eigenvalue weighted by atomic mass is 10.4. The third-order valence-electron chi connectivity index (χ3n) is 1.06. The highest BCUT2D eigenvalue weighted by molar-refractivity contribution is 9.11. The van der Waals surface area contributed by atoms with Gasteiger partial charge in [-0.2, -0.15) is 0 Å². The summed E-state index contributed by atoms with van der Waals surface area (Å²) in [6.45, 7) is 0. The fourth-order valence-corrected chi connectivity index (χ4v) is 0.989. The second-order valence-corrected chi connectivity index (χ2v) is 2.55. The monoisotopic (exact) mass is 189 g/mol. The lowest BCUT2D eigenvalue weighted by Crippen LogP contribution is -2.27. The SMILES string of the molecule is COC1C=CC=C(Br)N1. The Morgan fingerprint density at radius 2 is 2.56 bits per heavy atom. The van der Waals surface area contributed by atoms with Crippen molar-refractivity contribution in [1.29, 1.82) is 0 Å². The summed E-state index contributed by atoms with van der Waals surface area (Å²) in [5, 5.41) is 3.03. The van der Waals surface area contributed by atoms with Crippen LogP contribution in [0.5, 0.6) is 0 Å². The fourth-order valence-electron chi connectivity index (χ4n) is 0.611. The van der Waals surface area contributed by atoms with Crippen LogP contribution in [0.3, 0.4) is 0 Å². The van der Waals surface area contributed by atoms with E-state index in [9.17, 15) is 0 Å². The molecule has 1 N–H and O–H groups in total. The fraction of sp³-hybridized carbons (Fsp3) is 0.333. The highest BCUT2D eigenvalue weighted by Gasteiger charge is 2.03. The topological polar surface area (TPSA) is 21.3 Å². The molecule has 1 aliphatic heterocycles.